The van der Waals surface area contributed by atoms with E-state index in [0.29, 0.717) is 6.54 Å². The van der Waals surface area contributed by atoms with Gasteiger partial charge >= 0.3 is 0 Å². The molecule has 1 aromatic rings. The second-order valence-electron chi connectivity index (χ2n) is 4.74. The van der Waals surface area contributed by atoms with Crippen LogP contribution in [0.15, 0.2) is 13.6 Å². The molecule has 2 N–H and O–H groups in total. The van der Waals surface area contributed by atoms with E-state index in [1.54, 1.807) is 0 Å². The Morgan fingerprint density at radius 1 is 1.45 bits per heavy atom. The van der Waals surface area contributed by atoms with E-state index in [-0.39, 0.29) is 12.0 Å². The number of carbonyl (C=O) groups excluding carboxylic acids is 1. The summed E-state index contributed by atoms with van der Waals surface area (Å²) in [6, 6.07) is 1.88. The number of thiophene rings is 1. The molecule has 0 saturated carbocycles. The minimum atomic E-state index is 0.0965. The Hall–Kier alpha value is 0.0500. The smallest absolute Gasteiger partial charge is 0.255 e. The monoisotopic (exact) mass is 424 g/mol. The number of likely N-dealkylation sites (tertiary alicyclic amines) is 1. The van der Waals surface area contributed by atoms with Gasteiger partial charge in [0.15, 0.2) is 0 Å². The summed E-state index contributed by atoms with van der Waals surface area (Å²) in [6.45, 7) is 2.90. The number of hydrogen-bond acceptors (Lipinski definition) is 4. The van der Waals surface area contributed by atoms with E-state index in [1.807, 2.05) is 11.0 Å². The van der Waals surface area contributed by atoms with E-state index in [1.165, 1.54) is 11.3 Å². The summed E-state index contributed by atoms with van der Waals surface area (Å²) in [5.74, 6) is 0.0965. The SMILES string of the molecule is NCCCOC1CCN(C(=O)c2cc(Br)sc2Br)CC1. The van der Waals surface area contributed by atoms with Gasteiger partial charge in [0, 0.05) is 19.7 Å². The number of carbonyl (C=O) groups is 1. The number of nitrogens with zero attached hydrogens (tertiary/aromatic N) is 1. The first-order valence-electron chi connectivity index (χ1n) is 6.67. The number of hydrogen-bond donors (Lipinski definition) is 1. The molecule has 0 unspecified atom stereocenters. The average Bonchev–Trinajstić information content (AvgIpc) is 2.78. The maximum absolute atomic E-state index is 12.4. The Morgan fingerprint density at radius 3 is 2.70 bits per heavy atom. The lowest BCUT2D eigenvalue weighted by molar-refractivity contribution is 0.00844. The van der Waals surface area contributed by atoms with Crippen LogP contribution in [0.2, 0.25) is 0 Å². The lowest BCUT2D eigenvalue weighted by Crippen LogP contribution is -2.41. The third-order valence-electron chi connectivity index (χ3n) is 3.32. The molecule has 0 atom stereocenters. The van der Waals surface area contributed by atoms with E-state index in [0.717, 1.165) is 52.1 Å². The number of ether oxygens (including phenoxy) is 1. The summed E-state index contributed by atoms with van der Waals surface area (Å²) < 4.78 is 7.60. The Bertz CT molecular complexity index is 459. The second kappa shape index (κ2) is 7.89. The molecule has 2 heterocycles. The van der Waals surface area contributed by atoms with Crippen LogP contribution in [-0.4, -0.2) is 43.2 Å². The third-order valence-corrected chi connectivity index (χ3v) is 5.66. The summed E-state index contributed by atoms with van der Waals surface area (Å²) >= 11 is 8.38. The number of halogens is 2. The molecule has 1 aromatic heterocycles. The lowest BCUT2D eigenvalue weighted by atomic mass is 10.1. The molecule has 4 nitrogen and oxygen atoms in total. The molecule has 0 radical (unpaired) electrons. The number of nitrogens with two attached hydrogens (primary N) is 1. The third kappa shape index (κ3) is 4.27. The zero-order valence-corrected chi connectivity index (χ0v) is 15.1. The highest BCUT2D eigenvalue weighted by molar-refractivity contribution is 9.12. The van der Waals surface area contributed by atoms with Crippen LogP contribution < -0.4 is 5.73 Å². The van der Waals surface area contributed by atoms with Crippen LogP contribution in [0.3, 0.4) is 0 Å². The molecule has 1 saturated heterocycles. The van der Waals surface area contributed by atoms with Crippen LogP contribution in [-0.2, 0) is 4.74 Å². The van der Waals surface area contributed by atoms with Crippen molar-refractivity contribution in [3.05, 3.63) is 19.2 Å². The van der Waals surface area contributed by atoms with Crippen LogP contribution in [0.25, 0.3) is 0 Å². The second-order valence-corrected chi connectivity index (χ2v) is 8.49. The van der Waals surface area contributed by atoms with Crippen molar-refractivity contribution >= 4 is 49.1 Å². The summed E-state index contributed by atoms with van der Waals surface area (Å²) in [5.41, 5.74) is 6.19. The van der Waals surface area contributed by atoms with Gasteiger partial charge in [-0.15, -0.1) is 11.3 Å². The van der Waals surface area contributed by atoms with Crippen LogP contribution in [0, 0.1) is 0 Å². The van der Waals surface area contributed by atoms with E-state index >= 15 is 0 Å². The maximum Gasteiger partial charge on any atom is 0.255 e. The van der Waals surface area contributed by atoms with Gasteiger partial charge in [0.05, 0.1) is 19.2 Å². The molecular formula is C13H18Br2N2O2S. The molecule has 0 spiro atoms. The van der Waals surface area contributed by atoms with E-state index in [4.69, 9.17) is 10.5 Å². The van der Waals surface area contributed by atoms with Crippen molar-refractivity contribution in [2.24, 2.45) is 5.73 Å². The van der Waals surface area contributed by atoms with E-state index in [2.05, 4.69) is 31.9 Å². The highest BCUT2D eigenvalue weighted by Crippen LogP contribution is 2.33. The van der Waals surface area contributed by atoms with Crippen molar-refractivity contribution in [3.8, 4) is 0 Å². The first-order valence-corrected chi connectivity index (χ1v) is 9.08. The van der Waals surface area contributed by atoms with E-state index in [9.17, 15) is 4.79 Å². The van der Waals surface area contributed by atoms with Gasteiger partial charge in [-0.3, -0.25) is 4.79 Å². The largest absolute Gasteiger partial charge is 0.378 e. The summed E-state index contributed by atoms with van der Waals surface area (Å²) in [5, 5.41) is 0. The Balaban J connectivity index is 1.84. The van der Waals surface area contributed by atoms with Crippen LogP contribution in [0.5, 0.6) is 0 Å². The number of piperidine rings is 1. The van der Waals surface area contributed by atoms with Gasteiger partial charge in [-0.25, -0.2) is 0 Å². The normalized spacial score (nSPS) is 16.6. The minimum Gasteiger partial charge on any atom is -0.378 e. The maximum atomic E-state index is 12.4. The Kier molecular flexibility index (Phi) is 6.48. The molecule has 0 aliphatic carbocycles. The number of rotatable bonds is 5. The quantitative estimate of drug-likeness (QED) is 0.736. The summed E-state index contributed by atoms with van der Waals surface area (Å²) in [6.07, 6.45) is 2.97. The topological polar surface area (TPSA) is 55.6 Å². The Morgan fingerprint density at radius 2 is 2.15 bits per heavy atom. The predicted octanol–water partition coefficient (Wildman–Crippen LogP) is 3.24. The van der Waals surface area contributed by atoms with Gasteiger partial charge in [-0.05, 0) is 63.7 Å². The molecule has 2 rings (SSSR count). The molecule has 112 valence electrons. The predicted molar refractivity (Wildman–Crippen MR) is 88.3 cm³/mol. The fourth-order valence-electron chi connectivity index (χ4n) is 2.22. The van der Waals surface area contributed by atoms with Crippen molar-refractivity contribution in [1.29, 1.82) is 0 Å². The highest BCUT2D eigenvalue weighted by atomic mass is 79.9. The van der Waals surface area contributed by atoms with Crippen LogP contribution in [0.1, 0.15) is 29.6 Å². The van der Waals surface area contributed by atoms with Gasteiger partial charge in [0.2, 0.25) is 0 Å². The van der Waals surface area contributed by atoms with Crippen molar-refractivity contribution < 1.29 is 9.53 Å². The summed E-state index contributed by atoms with van der Waals surface area (Å²) in [4.78, 5) is 14.3. The Labute approximate surface area is 139 Å². The van der Waals surface area contributed by atoms with Crippen molar-refractivity contribution in [2.75, 3.05) is 26.2 Å². The van der Waals surface area contributed by atoms with Gasteiger partial charge in [0.1, 0.15) is 0 Å². The van der Waals surface area contributed by atoms with Gasteiger partial charge < -0.3 is 15.4 Å². The average molecular weight is 426 g/mol. The lowest BCUT2D eigenvalue weighted by Gasteiger charge is -2.32. The molecule has 20 heavy (non-hydrogen) atoms. The molecule has 1 fully saturated rings. The van der Waals surface area contributed by atoms with E-state index < -0.39 is 0 Å². The zero-order valence-electron chi connectivity index (χ0n) is 11.1. The minimum absolute atomic E-state index is 0.0965. The fraction of sp³-hybridized carbons (Fsp3) is 0.615. The first-order chi connectivity index (χ1) is 9.61. The molecule has 7 heteroatoms. The molecular weight excluding hydrogens is 408 g/mol. The molecule has 0 bridgehead atoms. The number of amides is 1. The van der Waals surface area contributed by atoms with Gasteiger partial charge in [-0.1, -0.05) is 0 Å². The molecule has 1 amide bonds. The van der Waals surface area contributed by atoms with Crippen LogP contribution in [0.4, 0.5) is 0 Å². The first kappa shape index (κ1) is 16.4. The van der Waals surface area contributed by atoms with Crippen LogP contribution >= 0.6 is 43.2 Å². The van der Waals surface area contributed by atoms with Crippen molar-refractivity contribution in [1.82, 2.24) is 4.90 Å². The standard InChI is InChI=1S/C13H18Br2N2O2S/c14-11-8-10(12(15)20-11)13(18)17-5-2-9(3-6-17)19-7-1-4-16/h8-9H,1-7,16H2. The highest BCUT2D eigenvalue weighted by Gasteiger charge is 2.26. The summed E-state index contributed by atoms with van der Waals surface area (Å²) in [7, 11) is 0. The molecule has 0 aromatic carbocycles. The zero-order chi connectivity index (χ0) is 14.5. The molecule has 1 aliphatic rings. The van der Waals surface area contributed by atoms with Crippen molar-refractivity contribution in [2.45, 2.75) is 25.4 Å². The fourth-order valence-corrected chi connectivity index (χ4v) is 4.99. The molecule has 1 aliphatic heterocycles. The van der Waals surface area contributed by atoms with Crippen molar-refractivity contribution in [3.63, 3.8) is 0 Å². The van der Waals surface area contributed by atoms with Gasteiger partial charge in [0.25, 0.3) is 5.91 Å². The van der Waals surface area contributed by atoms with Gasteiger partial charge in [-0.2, -0.15) is 0 Å².